The van der Waals surface area contributed by atoms with E-state index in [1.165, 1.54) is 0 Å². The van der Waals surface area contributed by atoms with Crippen molar-refractivity contribution < 1.29 is 14.3 Å². The normalized spacial score (nSPS) is 13.9. The third-order valence-corrected chi connectivity index (χ3v) is 2.62. The van der Waals surface area contributed by atoms with Crippen LogP contribution < -0.4 is 5.32 Å². The molecule has 8 nitrogen and oxygen atoms in total. The van der Waals surface area contributed by atoms with E-state index in [-0.39, 0.29) is 12.6 Å². The highest BCUT2D eigenvalue weighted by Crippen LogP contribution is 2.08. The van der Waals surface area contributed by atoms with Gasteiger partial charge < -0.3 is 19.5 Å². The average molecular weight is 253 g/mol. The first-order valence-corrected chi connectivity index (χ1v) is 5.75. The van der Waals surface area contributed by atoms with Crippen LogP contribution >= 0.6 is 0 Å². The van der Waals surface area contributed by atoms with E-state index in [9.17, 15) is 9.59 Å². The monoisotopic (exact) mass is 253 g/mol. The third kappa shape index (κ3) is 2.76. The van der Waals surface area contributed by atoms with Gasteiger partial charge in [0.15, 0.2) is 5.82 Å². The van der Waals surface area contributed by atoms with Crippen LogP contribution in [-0.4, -0.2) is 51.4 Å². The number of carbonyl (C=O) groups excluding carboxylic acids is 2. The summed E-state index contributed by atoms with van der Waals surface area (Å²) in [5.74, 6) is 0.304. The molecule has 0 atom stereocenters. The van der Waals surface area contributed by atoms with E-state index in [2.05, 4.69) is 15.5 Å². The van der Waals surface area contributed by atoms with E-state index < -0.39 is 5.97 Å². The van der Waals surface area contributed by atoms with E-state index >= 15 is 0 Å². The molecule has 0 radical (unpaired) electrons. The van der Waals surface area contributed by atoms with Crippen LogP contribution in [-0.2, 0) is 22.6 Å². The Kier molecular flexibility index (Phi) is 3.75. The summed E-state index contributed by atoms with van der Waals surface area (Å²) in [6.45, 7) is 3.54. The molecule has 0 bridgehead atoms. The minimum absolute atomic E-state index is 0.115. The summed E-state index contributed by atoms with van der Waals surface area (Å²) >= 11 is 0. The highest BCUT2D eigenvalue weighted by Gasteiger charge is 2.21. The molecule has 1 aliphatic heterocycles. The number of aromatic nitrogens is 3. The second-order valence-electron chi connectivity index (χ2n) is 3.83. The fourth-order valence-corrected chi connectivity index (χ4v) is 1.71. The van der Waals surface area contributed by atoms with Crippen molar-refractivity contribution in [3.05, 3.63) is 12.2 Å². The molecule has 0 saturated heterocycles. The lowest BCUT2D eigenvalue weighted by Crippen LogP contribution is -2.45. The van der Waals surface area contributed by atoms with Gasteiger partial charge in [0.1, 0.15) is 12.9 Å². The molecule has 0 spiro atoms. The van der Waals surface area contributed by atoms with Gasteiger partial charge in [0.2, 0.25) is 0 Å². The lowest BCUT2D eigenvalue weighted by molar-refractivity contribution is -0.141. The molecule has 0 unspecified atom stereocenters. The first-order valence-electron chi connectivity index (χ1n) is 5.75. The molecule has 0 saturated carbocycles. The second kappa shape index (κ2) is 5.48. The van der Waals surface area contributed by atoms with Gasteiger partial charge in [0, 0.05) is 13.1 Å². The molecule has 0 aliphatic carbocycles. The topological polar surface area (TPSA) is 89.4 Å². The number of nitrogens with zero attached hydrogens (tertiary/aromatic N) is 4. The quantitative estimate of drug-likeness (QED) is 0.724. The SMILES string of the molecule is CCOC(=O)CNC(=O)N1CCn2cnnc2C1. The van der Waals surface area contributed by atoms with Crippen LogP contribution in [0.2, 0.25) is 0 Å². The van der Waals surface area contributed by atoms with Gasteiger partial charge in [-0.25, -0.2) is 4.79 Å². The Hall–Kier alpha value is -2.12. The molecule has 0 fully saturated rings. The van der Waals surface area contributed by atoms with Crippen LogP contribution in [0, 0.1) is 0 Å². The van der Waals surface area contributed by atoms with Crippen molar-refractivity contribution in [2.75, 3.05) is 19.7 Å². The van der Waals surface area contributed by atoms with Crippen molar-refractivity contribution in [2.24, 2.45) is 0 Å². The van der Waals surface area contributed by atoms with Crippen LogP contribution in [0.25, 0.3) is 0 Å². The van der Waals surface area contributed by atoms with Gasteiger partial charge in [-0.3, -0.25) is 4.79 Å². The van der Waals surface area contributed by atoms with Crippen molar-refractivity contribution in [2.45, 2.75) is 20.0 Å². The second-order valence-corrected chi connectivity index (χ2v) is 3.83. The molecule has 0 aromatic carbocycles. The number of hydrogen-bond donors (Lipinski definition) is 1. The number of ether oxygens (including phenoxy) is 1. The zero-order valence-corrected chi connectivity index (χ0v) is 10.1. The lowest BCUT2D eigenvalue weighted by atomic mass is 10.4. The van der Waals surface area contributed by atoms with E-state index in [1.807, 2.05) is 4.57 Å². The summed E-state index contributed by atoms with van der Waals surface area (Å²) in [6, 6.07) is -0.294. The van der Waals surface area contributed by atoms with Crippen molar-refractivity contribution in [3.8, 4) is 0 Å². The van der Waals surface area contributed by atoms with Crippen LogP contribution in [0.5, 0.6) is 0 Å². The van der Waals surface area contributed by atoms with Crippen LogP contribution in [0.15, 0.2) is 6.33 Å². The third-order valence-electron chi connectivity index (χ3n) is 2.62. The summed E-state index contributed by atoms with van der Waals surface area (Å²) in [4.78, 5) is 24.5. The number of nitrogens with one attached hydrogen (secondary N) is 1. The van der Waals surface area contributed by atoms with Gasteiger partial charge in [0.25, 0.3) is 0 Å². The van der Waals surface area contributed by atoms with Crippen LogP contribution in [0.1, 0.15) is 12.7 Å². The Morgan fingerprint density at radius 3 is 3.11 bits per heavy atom. The predicted octanol–water partition coefficient (Wildman–Crippen LogP) is -0.634. The van der Waals surface area contributed by atoms with Gasteiger partial charge in [-0.15, -0.1) is 10.2 Å². The molecular weight excluding hydrogens is 238 g/mol. The predicted molar refractivity (Wildman–Crippen MR) is 60.5 cm³/mol. The summed E-state index contributed by atoms with van der Waals surface area (Å²) in [6.07, 6.45) is 1.64. The van der Waals surface area contributed by atoms with E-state index in [0.717, 1.165) is 5.82 Å². The van der Waals surface area contributed by atoms with E-state index in [4.69, 9.17) is 4.74 Å². The minimum atomic E-state index is -0.439. The lowest BCUT2D eigenvalue weighted by Gasteiger charge is -2.26. The molecule has 2 amide bonds. The molecule has 1 aromatic heterocycles. The maximum Gasteiger partial charge on any atom is 0.325 e. The number of amides is 2. The molecule has 1 aliphatic rings. The Bertz CT molecular complexity index is 444. The standard InChI is InChI=1S/C10H15N5O3/c1-2-18-9(16)5-11-10(17)14-3-4-15-7-12-13-8(15)6-14/h7H,2-6H2,1H3,(H,11,17). The summed E-state index contributed by atoms with van der Waals surface area (Å²) in [5.41, 5.74) is 0. The minimum Gasteiger partial charge on any atom is -0.465 e. The van der Waals surface area contributed by atoms with Gasteiger partial charge in [-0.2, -0.15) is 0 Å². The zero-order chi connectivity index (χ0) is 13.0. The van der Waals surface area contributed by atoms with Gasteiger partial charge in [-0.1, -0.05) is 0 Å². The van der Waals surface area contributed by atoms with E-state index in [1.54, 1.807) is 18.2 Å². The Morgan fingerprint density at radius 1 is 1.50 bits per heavy atom. The molecule has 18 heavy (non-hydrogen) atoms. The molecule has 2 heterocycles. The number of carbonyl (C=O) groups is 2. The van der Waals surface area contributed by atoms with Gasteiger partial charge in [0.05, 0.1) is 13.2 Å². The largest absolute Gasteiger partial charge is 0.465 e. The molecule has 8 heteroatoms. The first kappa shape index (κ1) is 12.3. The highest BCUT2D eigenvalue weighted by molar-refractivity contribution is 5.80. The number of urea groups is 1. The summed E-state index contributed by atoms with van der Waals surface area (Å²) in [7, 11) is 0. The number of fused-ring (bicyclic) bond motifs is 1. The molecule has 1 aromatic rings. The Morgan fingerprint density at radius 2 is 2.33 bits per heavy atom. The summed E-state index contributed by atoms with van der Waals surface area (Å²) < 4.78 is 6.62. The maximum absolute atomic E-state index is 11.8. The van der Waals surface area contributed by atoms with Crippen molar-refractivity contribution in [1.29, 1.82) is 0 Å². The van der Waals surface area contributed by atoms with E-state index in [0.29, 0.717) is 26.2 Å². The van der Waals surface area contributed by atoms with Crippen molar-refractivity contribution in [1.82, 2.24) is 25.0 Å². The number of rotatable bonds is 3. The summed E-state index contributed by atoms with van der Waals surface area (Å²) in [5, 5.41) is 10.2. The Labute approximate surface area is 104 Å². The van der Waals surface area contributed by atoms with Gasteiger partial charge >= 0.3 is 12.0 Å². The molecule has 1 N–H and O–H groups in total. The molecular formula is C10H15N5O3. The van der Waals surface area contributed by atoms with Crippen LogP contribution in [0.3, 0.4) is 0 Å². The molecule has 2 rings (SSSR count). The van der Waals surface area contributed by atoms with Crippen LogP contribution in [0.4, 0.5) is 4.79 Å². The van der Waals surface area contributed by atoms with Crippen molar-refractivity contribution >= 4 is 12.0 Å². The fourth-order valence-electron chi connectivity index (χ4n) is 1.71. The highest BCUT2D eigenvalue weighted by atomic mass is 16.5. The number of hydrogen-bond acceptors (Lipinski definition) is 5. The number of esters is 1. The maximum atomic E-state index is 11.8. The Balaban J connectivity index is 1.82. The molecule has 98 valence electrons. The fraction of sp³-hybridized carbons (Fsp3) is 0.600. The van der Waals surface area contributed by atoms with Gasteiger partial charge in [-0.05, 0) is 6.92 Å². The first-order chi connectivity index (χ1) is 8.70. The smallest absolute Gasteiger partial charge is 0.325 e. The average Bonchev–Trinajstić information content (AvgIpc) is 2.83. The zero-order valence-electron chi connectivity index (χ0n) is 10.1. The van der Waals surface area contributed by atoms with Crippen molar-refractivity contribution in [3.63, 3.8) is 0 Å².